The van der Waals surface area contributed by atoms with Gasteiger partial charge in [-0.3, -0.25) is 14.4 Å². The zero-order chi connectivity index (χ0) is 17.6. The maximum atomic E-state index is 12.1. The van der Waals surface area contributed by atoms with Crippen molar-refractivity contribution in [3.63, 3.8) is 0 Å². The third-order valence-corrected chi connectivity index (χ3v) is 5.61. The summed E-state index contributed by atoms with van der Waals surface area (Å²) in [7, 11) is 0. The molecule has 1 fully saturated rings. The number of hydrogen-bond acceptors (Lipinski definition) is 3. The summed E-state index contributed by atoms with van der Waals surface area (Å²) in [4.78, 5) is 14.6. The molecule has 6 heteroatoms. The number of aromatic nitrogens is 2. The van der Waals surface area contributed by atoms with Gasteiger partial charge in [-0.2, -0.15) is 5.10 Å². The van der Waals surface area contributed by atoms with Gasteiger partial charge in [0.1, 0.15) is 0 Å². The number of carbonyl (C=O) groups is 1. The molecule has 1 aromatic heterocycles. The highest BCUT2D eigenvalue weighted by Crippen LogP contribution is 2.15. The van der Waals surface area contributed by atoms with Gasteiger partial charge in [-0.1, -0.05) is 18.6 Å². The summed E-state index contributed by atoms with van der Waals surface area (Å²) in [5.41, 5.74) is 3.17. The first-order valence-corrected chi connectivity index (χ1v) is 9.99. The summed E-state index contributed by atoms with van der Waals surface area (Å²) < 4.78 is 2.96. The van der Waals surface area contributed by atoms with Crippen LogP contribution in [0.15, 0.2) is 30.5 Å². The SMILES string of the molecule is Cc1nn(CCC(=O)Nc2ccc(CN3CCCCC3)cc2)cc1I. The second-order valence-electron chi connectivity index (χ2n) is 6.66. The van der Waals surface area contributed by atoms with Crippen LogP contribution in [0.4, 0.5) is 5.69 Å². The van der Waals surface area contributed by atoms with Gasteiger partial charge in [0.05, 0.1) is 9.26 Å². The molecule has 0 aliphatic carbocycles. The minimum Gasteiger partial charge on any atom is -0.326 e. The molecule has 2 heterocycles. The lowest BCUT2D eigenvalue weighted by Gasteiger charge is -2.26. The number of rotatable bonds is 6. The highest BCUT2D eigenvalue weighted by atomic mass is 127. The van der Waals surface area contributed by atoms with Crippen molar-refractivity contribution in [1.29, 1.82) is 0 Å². The zero-order valence-corrected chi connectivity index (χ0v) is 16.8. The Bertz CT molecular complexity index is 685. The fraction of sp³-hybridized carbons (Fsp3) is 0.474. The number of hydrogen-bond donors (Lipinski definition) is 1. The molecule has 1 aromatic carbocycles. The van der Waals surface area contributed by atoms with E-state index in [0.29, 0.717) is 13.0 Å². The number of anilines is 1. The summed E-state index contributed by atoms with van der Waals surface area (Å²) in [5, 5.41) is 7.35. The molecular weight excluding hydrogens is 427 g/mol. The van der Waals surface area contributed by atoms with Gasteiger partial charge in [-0.05, 0) is 73.1 Å². The average Bonchev–Trinajstić information content (AvgIpc) is 2.94. The van der Waals surface area contributed by atoms with E-state index in [-0.39, 0.29) is 5.91 Å². The molecule has 1 amide bonds. The summed E-state index contributed by atoms with van der Waals surface area (Å²) in [6.07, 6.45) is 6.37. The molecule has 2 aromatic rings. The zero-order valence-electron chi connectivity index (χ0n) is 14.7. The molecule has 1 saturated heterocycles. The van der Waals surface area contributed by atoms with Crippen molar-refractivity contribution >= 4 is 34.2 Å². The molecule has 1 N–H and O–H groups in total. The minimum absolute atomic E-state index is 0.0203. The first-order valence-electron chi connectivity index (χ1n) is 8.91. The van der Waals surface area contributed by atoms with E-state index in [1.807, 2.05) is 29.9 Å². The second kappa shape index (κ2) is 8.80. The first-order chi connectivity index (χ1) is 12.1. The summed E-state index contributed by atoms with van der Waals surface area (Å²) >= 11 is 2.26. The maximum absolute atomic E-state index is 12.1. The Balaban J connectivity index is 1.46. The predicted octanol–water partition coefficient (Wildman–Crippen LogP) is 3.81. The lowest BCUT2D eigenvalue weighted by Crippen LogP contribution is -2.29. The number of likely N-dealkylation sites (tertiary alicyclic amines) is 1. The number of amides is 1. The van der Waals surface area contributed by atoms with Gasteiger partial charge in [0.15, 0.2) is 0 Å². The Morgan fingerprint density at radius 2 is 1.92 bits per heavy atom. The third-order valence-electron chi connectivity index (χ3n) is 4.55. The van der Waals surface area contributed by atoms with Gasteiger partial charge in [0, 0.05) is 31.4 Å². The van der Waals surface area contributed by atoms with Gasteiger partial charge < -0.3 is 5.32 Å². The fourth-order valence-electron chi connectivity index (χ4n) is 3.12. The lowest BCUT2D eigenvalue weighted by atomic mass is 10.1. The number of nitrogens with zero attached hydrogens (tertiary/aromatic N) is 3. The molecule has 1 aliphatic rings. The van der Waals surface area contributed by atoms with Gasteiger partial charge in [-0.15, -0.1) is 0 Å². The lowest BCUT2D eigenvalue weighted by molar-refractivity contribution is -0.116. The highest BCUT2D eigenvalue weighted by molar-refractivity contribution is 14.1. The topological polar surface area (TPSA) is 50.2 Å². The Labute approximate surface area is 162 Å². The molecule has 0 bridgehead atoms. The van der Waals surface area contributed by atoms with E-state index < -0.39 is 0 Å². The summed E-state index contributed by atoms with van der Waals surface area (Å²) in [6.45, 7) is 5.98. The number of halogens is 1. The van der Waals surface area contributed by atoms with Crippen LogP contribution in [-0.4, -0.2) is 33.7 Å². The van der Waals surface area contributed by atoms with Gasteiger partial charge >= 0.3 is 0 Å². The fourth-order valence-corrected chi connectivity index (χ4v) is 3.55. The number of piperidine rings is 1. The van der Waals surface area contributed by atoms with Crippen LogP contribution in [0.25, 0.3) is 0 Å². The van der Waals surface area contributed by atoms with Gasteiger partial charge in [0.25, 0.3) is 0 Å². The smallest absolute Gasteiger partial charge is 0.226 e. The van der Waals surface area contributed by atoms with Crippen molar-refractivity contribution < 1.29 is 4.79 Å². The van der Waals surface area contributed by atoms with Crippen LogP contribution in [0.2, 0.25) is 0 Å². The summed E-state index contributed by atoms with van der Waals surface area (Å²) in [6, 6.07) is 8.23. The second-order valence-corrected chi connectivity index (χ2v) is 7.82. The van der Waals surface area contributed by atoms with Crippen LogP contribution < -0.4 is 5.32 Å². The molecule has 25 heavy (non-hydrogen) atoms. The van der Waals surface area contributed by atoms with E-state index in [1.165, 1.54) is 37.9 Å². The van der Waals surface area contributed by atoms with E-state index in [0.717, 1.165) is 21.5 Å². The van der Waals surface area contributed by atoms with Crippen LogP contribution in [0, 0.1) is 10.5 Å². The molecule has 1 aliphatic heterocycles. The first kappa shape index (κ1) is 18.4. The Hall–Kier alpha value is -1.41. The van der Waals surface area contributed by atoms with Crippen LogP contribution in [0.3, 0.4) is 0 Å². The van der Waals surface area contributed by atoms with Gasteiger partial charge in [-0.25, -0.2) is 0 Å². The monoisotopic (exact) mass is 452 g/mol. The molecule has 0 saturated carbocycles. The van der Waals surface area contributed by atoms with E-state index in [9.17, 15) is 4.79 Å². The molecular formula is C19H25IN4O. The van der Waals surface area contributed by atoms with Crippen molar-refractivity contribution in [1.82, 2.24) is 14.7 Å². The van der Waals surface area contributed by atoms with E-state index in [1.54, 1.807) is 0 Å². The van der Waals surface area contributed by atoms with Crippen LogP contribution in [-0.2, 0) is 17.9 Å². The summed E-state index contributed by atoms with van der Waals surface area (Å²) in [5.74, 6) is 0.0203. The number of benzene rings is 1. The van der Waals surface area contributed by atoms with Crippen LogP contribution in [0.1, 0.15) is 36.9 Å². The van der Waals surface area contributed by atoms with Crippen molar-refractivity contribution in [3.05, 3.63) is 45.3 Å². The maximum Gasteiger partial charge on any atom is 0.226 e. The number of carbonyl (C=O) groups excluding carboxylic acids is 1. The normalized spacial score (nSPS) is 15.3. The van der Waals surface area contributed by atoms with Gasteiger partial charge in [0.2, 0.25) is 5.91 Å². The molecule has 0 spiro atoms. The van der Waals surface area contributed by atoms with Crippen molar-refractivity contribution in [3.8, 4) is 0 Å². The highest BCUT2D eigenvalue weighted by Gasteiger charge is 2.10. The Morgan fingerprint density at radius 1 is 1.20 bits per heavy atom. The van der Waals surface area contributed by atoms with Crippen molar-refractivity contribution in [2.24, 2.45) is 0 Å². The molecule has 0 radical (unpaired) electrons. The Morgan fingerprint density at radius 3 is 2.56 bits per heavy atom. The molecule has 3 rings (SSSR count). The molecule has 134 valence electrons. The minimum atomic E-state index is 0.0203. The van der Waals surface area contributed by atoms with Crippen LogP contribution >= 0.6 is 22.6 Å². The standard InChI is InChI=1S/C19H25IN4O/c1-15-18(20)14-24(22-15)12-9-19(25)21-17-7-5-16(6-8-17)13-23-10-3-2-4-11-23/h5-8,14H,2-4,9-13H2,1H3,(H,21,25). The van der Waals surface area contributed by atoms with E-state index >= 15 is 0 Å². The van der Waals surface area contributed by atoms with Crippen molar-refractivity contribution in [2.45, 2.75) is 45.7 Å². The number of nitrogens with one attached hydrogen (secondary N) is 1. The quantitative estimate of drug-likeness (QED) is 0.679. The molecule has 5 nitrogen and oxygen atoms in total. The third kappa shape index (κ3) is 5.54. The average molecular weight is 452 g/mol. The number of aryl methyl sites for hydroxylation is 2. The predicted molar refractivity (Wildman–Crippen MR) is 108 cm³/mol. The van der Waals surface area contributed by atoms with Crippen LogP contribution in [0.5, 0.6) is 0 Å². The van der Waals surface area contributed by atoms with E-state index in [4.69, 9.17) is 0 Å². The van der Waals surface area contributed by atoms with E-state index in [2.05, 4.69) is 50.0 Å². The molecule has 0 atom stereocenters. The largest absolute Gasteiger partial charge is 0.326 e. The van der Waals surface area contributed by atoms with Crippen molar-refractivity contribution in [2.75, 3.05) is 18.4 Å². The Kier molecular flexibility index (Phi) is 6.47. The molecule has 0 unspecified atom stereocenters.